The van der Waals surface area contributed by atoms with Crippen molar-refractivity contribution >= 4 is 13.1 Å². The van der Waals surface area contributed by atoms with E-state index in [0.29, 0.717) is 12.7 Å². The van der Waals surface area contributed by atoms with Gasteiger partial charge < -0.3 is 14.0 Å². The molecule has 0 atom stereocenters. The van der Waals surface area contributed by atoms with Crippen molar-refractivity contribution in [3.05, 3.63) is 0 Å². The van der Waals surface area contributed by atoms with E-state index in [4.69, 9.17) is 9.31 Å². The maximum atomic E-state index is 11.0. The van der Waals surface area contributed by atoms with Crippen LogP contribution in [0.4, 0.5) is 0 Å². The van der Waals surface area contributed by atoms with E-state index in [1.807, 2.05) is 27.7 Å². The van der Waals surface area contributed by atoms with E-state index in [0.717, 1.165) is 0 Å². The summed E-state index contributed by atoms with van der Waals surface area (Å²) in [5.41, 5.74) is -0.651. The van der Waals surface area contributed by atoms with Crippen LogP contribution in [0.25, 0.3) is 0 Å². The fraction of sp³-hybridized carbons (Fsp3) is 0.900. The molecule has 0 aromatic carbocycles. The van der Waals surface area contributed by atoms with Gasteiger partial charge in [-0.15, -0.1) is 0 Å². The van der Waals surface area contributed by atoms with Crippen LogP contribution in [0.1, 0.15) is 34.1 Å². The van der Waals surface area contributed by atoms with Crippen LogP contribution >= 0.6 is 0 Å². The first-order chi connectivity index (χ1) is 6.78. The van der Waals surface area contributed by atoms with Crippen LogP contribution in [-0.2, 0) is 18.8 Å². The minimum atomic E-state index is -0.326. The Morgan fingerprint density at radius 1 is 1.20 bits per heavy atom. The largest absolute Gasteiger partial charge is 0.469 e. The van der Waals surface area contributed by atoms with E-state index >= 15 is 0 Å². The van der Waals surface area contributed by atoms with Crippen LogP contribution in [0, 0.1) is 0 Å². The summed E-state index contributed by atoms with van der Waals surface area (Å²) in [6, 6.07) is 0. The molecule has 0 aliphatic carbocycles. The van der Waals surface area contributed by atoms with Crippen molar-refractivity contribution in [1.29, 1.82) is 0 Å². The molecule has 0 radical (unpaired) electrons. The monoisotopic (exact) mass is 214 g/mol. The molecule has 1 rings (SSSR count). The number of hydrogen-bond acceptors (Lipinski definition) is 4. The first kappa shape index (κ1) is 12.5. The quantitative estimate of drug-likeness (QED) is 0.529. The molecule has 1 aliphatic heterocycles. The Labute approximate surface area is 91.4 Å². The van der Waals surface area contributed by atoms with Gasteiger partial charge in [0.2, 0.25) is 0 Å². The minimum absolute atomic E-state index is 0.232. The minimum Gasteiger partial charge on any atom is -0.469 e. The lowest BCUT2D eigenvalue weighted by Gasteiger charge is -2.32. The number of carbonyl (C=O) groups is 1. The summed E-state index contributed by atoms with van der Waals surface area (Å²) in [5, 5.41) is 0. The third-order valence-electron chi connectivity index (χ3n) is 3.11. The maximum absolute atomic E-state index is 11.0. The number of carbonyl (C=O) groups excluding carboxylic acids is 1. The molecule has 4 nitrogen and oxygen atoms in total. The highest BCUT2D eigenvalue weighted by molar-refractivity contribution is 6.45. The van der Waals surface area contributed by atoms with Crippen LogP contribution < -0.4 is 0 Å². The van der Waals surface area contributed by atoms with E-state index in [1.54, 1.807) is 0 Å². The van der Waals surface area contributed by atoms with Gasteiger partial charge in [0, 0.05) is 6.42 Å². The van der Waals surface area contributed by atoms with Crippen molar-refractivity contribution in [1.82, 2.24) is 0 Å². The van der Waals surface area contributed by atoms with Gasteiger partial charge in [0.25, 0.3) is 0 Å². The second-order valence-electron chi connectivity index (χ2n) is 4.80. The lowest BCUT2D eigenvalue weighted by atomic mass is 9.83. The van der Waals surface area contributed by atoms with Crippen LogP contribution in [0.5, 0.6) is 0 Å². The molecule has 0 unspecified atom stereocenters. The highest BCUT2D eigenvalue weighted by Gasteiger charge is 2.50. The molecule has 1 fully saturated rings. The summed E-state index contributed by atoms with van der Waals surface area (Å²) in [4.78, 5) is 11.0. The van der Waals surface area contributed by atoms with Crippen LogP contribution in [0.2, 0.25) is 6.32 Å². The summed E-state index contributed by atoms with van der Waals surface area (Å²) >= 11 is 0. The summed E-state index contributed by atoms with van der Waals surface area (Å²) < 4.78 is 16.0. The zero-order valence-electron chi connectivity index (χ0n) is 10.1. The van der Waals surface area contributed by atoms with Gasteiger partial charge in [-0.1, -0.05) is 0 Å². The molecule has 15 heavy (non-hydrogen) atoms. The lowest BCUT2D eigenvalue weighted by molar-refractivity contribution is -0.140. The van der Waals surface area contributed by atoms with Gasteiger partial charge >= 0.3 is 13.1 Å². The standard InChI is InChI=1S/C10H19BO4/c1-9(2)10(3,4)15-11(14-9)7-6-8(12)13-5/h6-7H2,1-5H3. The van der Waals surface area contributed by atoms with Gasteiger partial charge in [0.1, 0.15) is 0 Å². The highest BCUT2D eigenvalue weighted by Crippen LogP contribution is 2.37. The van der Waals surface area contributed by atoms with E-state index in [2.05, 4.69) is 4.74 Å². The zero-order valence-corrected chi connectivity index (χ0v) is 10.1. The SMILES string of the molecule is COC(=O)CCB1OC(C)(C)C(C)(C)O1. The molecule has 0 saturated carbocycles. The van der Waals surface area contributed by atoms with Crippen molar-refractivity contribution in [2.75, 3.05) is 7.11 Å². The second kappa shape index (κ2) is 4.14. The molecule has 0 bridgehead atoms. The van der Waals surface area contributed by atoms with Crippen LogP contribution in [0.3, 0.4) is 0 Å². The topological polar surface area (TPSA) is 44.8 Å². The van der Waals surface area contributed by atoms with Gasteiger partial charge in [-0.3, -0.25) is 4.79 Å². The molecule has 1 heterocycles. The van der Waals surface area contributed by atoms with Gasteiger partial charge in [-0.05, 0) is 34.0 Å². The fourth-order valence-electron chi connectivity index (χ4n) is 1.42. The molecule has 1 aliphatic rings. The Bertz CT molecular complexity index is 234. The predicted octanol–water partition coefficient (Wildman–Crippen LogP) is 1.64. The first-order valence-electron chi connectivity index (χ1n) is 5.21. The van der Waals surface area contributed by atoms with Crippen molar-refractivity contribution in [3.63, 3.8) is 0 Å². The zero-order chi connectivity index (χ0) is 11.7. The third-order valence-corrected chi connectivity index (χ3v) is 3.11. The number of hydrogen-bond donors (Lipinski definition) is 0. The number of esters is 1. The molecular weight excluding hydrogens is 195 g/mol. The summed E-state index contributed by atoms with van der Waals surface area (Å²) in [6.07, 6.45) is 0.868. The summed E-state index contributed by atoms with van der Waals surface area (Å²) in [6.45, 7) is 7.96. The smallest absolute Gasteiger partial charge is 0.458 e. The van der Waals surface area contributed by atoms with E-state index in [1.165, 1.54) is 7.11 Å². The average Bonchev–Trinajstić information content (AvgIpc) is 2.31. The Balaban J connectivity index is 2.46. The normalized spacial score (nSPS) is 22.9. The van der Waals surface area contributed by atoms with Crippen molar-refractivity contribution in [3.8, 4) is 0 Å². The Morgan fingerprint density at radius 2 is 1.67 bits per heavy atom. The average molecular weight is 214 g/mol. The lowest BCUT2D eigenvalue weighted by Crippen LogP contribution is -2.41. The van der Waals surface area contributed by atoms with Crippen molar-refractivity contribution in [2.45, 2.75) is 51.6 Å². The van der Waals surface area contributed by atoms with Gasteiger partial charge in [-0.2, -0.15) is 0 Å². The molecule has 86 valence electrons. The highest BCUT2D eigenvalue weighted by atomic mass is 16.7. The van der Waals surface area contributed by atoms with Crippen molar-refractivity contribution in [2.24, 2.45) is 0 Å². The first-order valence-corrected chi connectivity index (χ1v) is 5.21. The Kier molecular flexibility index (Phi) is 3.46. The summed E-state index contributed by atoms with van der Waals surface area (Å²) in [5.74, 6) is -0.232. The third kappa shape index (κ3) is 2.72. The van der Waals surface area contributed by atoms with Gasteiger partial charge in [0.15, 0.2) is 0 Å². The molecular formula is C10H19BO4. The van der Waals surface area contributed by atoms with Gasteiger partial charge in [0.05, 0.1) is 18.3 Å². The van der Waals surface area contributed by atoms with Gasteiger partial charge in [-0.25, -0.2) is 0 Å². The predicted molar refractivity (Wildman–Crippen MR) is 57.5 cm³/mol. The number of methoxy groups -OCH3 is 1. The Hall–Kier alpha value is -0.545. The Morgan fingerprint density at radius 3 is 2.07 bits per heavy atom. The van der Waals surface area contributed by atoms with E-state index < -0.39 is 0 Å². The molecule has 0 spiro atoms. The second-order valence-corrected chi connectivity index (χ2v) is 4.80. The van der Waals surface area contributed by atoms with Crippen molar-refractivity contribution < 1.29 is 18.8 Å². The van der Waals surface area contributed by atoms with Crippen LogP contribution in [0.15, 0.2) is 0 Å². The fourth-order valence-corrected chi connectivity index (χ4v) is 1.42. The molecule has 5 heteroatoms. The number of ether oxygens (including phenoxy) is 1. The molecule has 0 N–H and O–H groups in total. The number of rotatable bonds is 3. The molecule has 0 aromatic heterocycles. The van der Waals surface area contributed by atoms with Crippen LogP contribution in [-0.4, -0.2) is 31.4 Å². The van der Waals surface area contributed by atoms with E-state index in [9.17, 15) is 4.79 Å². The summed E-state index contributed by atoms with van der Waals surface area (Å²) in [7, 11) is 1.07. The molecule has 1 saturated heterocycles. The van der Waals surface area contributed by atoms with E-state index in [-0.39, 0.29) is 24.3 Å². The molecule has 0 aromatic rings. The molecule has 0 amide bonds. The maximum Gasteiger partial charge on any atom is 0.458 e.